The fourth-order valence-electron chi connectivity index (χ4n) is 1.61. The van der Waals surface area contributed by atoms with E-state index < -0.39 is 6.04 Å². The quantitative estimate of drug-likeness (QED) is 0.582. The number of rotatable bonds is 1. The molecule has 0 spiro atoms. The molecule has 0 aromatic heterocycles. The van der Waals surface area contributed by atoms with Gasteiger partial charge >= 0.3 is 6.03 Å². The number of hydrogen-bond acceptors (Lipinski definition) is 3. The van der Waals surface area contributed by atoms with Gasteiger partial charge in [0.15, 0.2) is 0 Å². The van der Waals surface area contributed by atoms with E-state index in [0.29, 0.717) is 0 Å². The Balaban J connectivity index is 1.84. The van der Waals surface area contributed by atoms with Crippen LogP contribution < -0.4 is 10.8 Å². The molecule has 3 amide bonds. The van der Waals surface area contributed by atoms with Crippen molar-refractivity contribution < 1.29 is 14.4 Å². The topological polar surface area (TPSA) is 70.7 Å². The summed E-state index contributed by atoms with van der Waals surface area (Å²) in [6.07, 6.45) is 2.08. The molecule has 2 rings (SSSR count). The third-order valence-corrected chi connectivity index (χ3v) is 2.43. The molecular formula is C8H13N3O3. The van der Waals surface area contributed by atoms with E-state index in [0.717, 1.165) is 25.9 Å². The molecule has 6 heteroatoms. The minimum atomic E-state index is -0.539. The summed E-state index contributed by atoms with van der Waals surface area (Å²) in [7, 11) is 0. The zero-order chi connectivity index (χ0) is 9.97. The number of amides is 3. The second-order valence-corrected chi connectivity index (χ2v) is 3.47. The largest absolute Gasteiger partial charge is 0.325 e. The average Bonchev–Trinajstić information content (AvgIpc) is 2.77. The number of hydrogen-bond donors (Lipinski definition) is 2. The van der Waals surface area contributed by atoms with Crippen LogP contribution in [0.2, 0.25) is 0 Å². The third kappa shape index (κ3) is 1.79. The van der Waals surface area contributed by atoms with Crippen molar-refractivity contribution in [3.05, 3.63) is 0 Å². The van der Waals surface area contributed by atoms with E-state index in [1.165, 1.54) is 0 Å². The Hall–Kier alpha value is -1.30. The van der Waals surface area contributed by atoms with Crippen molar-refractivity contribution in [1.82, 2.24) is 15.7 Å². The summed E-state index contributed by atoms with van der Waals surface area (Å²) in [6, 6.07) is -0.712. The van der Waals surface area contributed by atoms with Crippen molar-refractivity contribution in [2.75, 3.05) is 19.7 Å². The van der Waals surface area contributed by atoms with Gasteiger partial charge in [-0.15, -0.1) is 0 Å². The molecule has 0 bridgehead atoms. The van der Waals surface area contributed by atoms with Gasteiger partial charge in [-0.05, 0) is 12.8 Å². The molecule has 2 fully saturated rings. The Morgan fingerprint density at radius 3 is 2.79 bits per heavy atom. The van der Waals surface area contributed by atoms with Crippen molar-refractivity contribution in [1.29, 1.82) is 0 Å². The first-order valence-corrected chi connectivity index (χ1v) is 4.74. The first-order chi connectivity index (χ1) is 6.77. The molecule has 0 aromatic carbocycles. The summed E-state index contributed by atoms with van der Waals surface area (Å²) < 4.78 is 0. The molecule has 0 saturated carbocycles. The van der Waals surface area contributed by atoms with Gasteiger partial charge in [0.1, 0.15) is 12.6 Å². The lowest BCUT2D eigenvalue weighted by Gasteiger charge is -2.17. The monoisotopic (exact) mass is 199 g/mol. The number of carbonyl (C=O) groups excluding carboxylic acids is 2. The van der Waals surface area contributed by atoms with Crippen molar-refractivity contribution in [2.45, 2.75) is 18.9 Å². The van der Waals surface area contributed by atoms with Crippen molar-refractivity contribution in [3.8, 4) is 0 Å². The first kappa shape index (κ1) is 9.26. The minimum Gasteiger partial charge on any atom is -0.325 e. The number of likely N-dealkylation sites (tertiary alicyclic amines) is 1. The number of urea groups is 1. The van der Waals surface area contributed by atoms with Crippen LogP contribution in [-0.4, -0.2) is 42.6 Å². The highest BCUT2D eigenvalue weighted by Crippen LogP contribution is 2.07. The van der Waals surface area contributed by atoms with Gasteiger partial charge in [-0.2, -0.15) is 0 Å². The van der Waals surface area contributed by atoms with E-state index in [4.69, 9.17) is 4.84 Å². The highest BCUT2D eigenvalue weighted by molar-refractivity contribution is 5.87. The van der Waals surface area contributed by atoms with E-state index >= 15 is 0 Å². The lowest BCUT2D eigenvalue weighted by atomic mass is 10.3. The molecule has 2 saturated heterocycles. The number of hydroxylamine groups is 1. The molecule has 0 radical (unpaired) electrons. The van der Waals surface area contributed by atoms with Crippen molar-refractivity contribution in [3.63, 3.8) is 0 Å². The zero-order valence-electron chi connectivity index (χ0n) is 7.78. The van der Waals surface area contributed by atoms with E-state index in [2.05, 4.69) is 10.8 Å². The molecule has 0 aromatic rings. The van der Waals surface area contributed by atoms with Crippen LogP contribution in [0.25, 0.3) is 0 Å². The first-order valence-electron chi connectivity index (χ1n) is 4.74. The maximum Gasteiger partial charge on any atom is 0.318 e. The molecule has 2 aliphatic rings. The van der Waals surface area contributed by atoms with E-state index in [9.17, 15) is 9.59 Å². The fraction of sp³-hybridized carbons (Fsp3) is 0.750. The van der Waals surface area contributed by atoms with Gasteiger partial charge in [0.05, 0.1) is 0 Å². The molecule has 6 nitrogen and oxygen atoms in total. The van der Waals surface area contributed by atoms with Gasteiger partial charge in [-0.3, -0.25) is 9.63 Å². The van der Waals surface area contributed by atoms with E-state index in [-0.39, 0.29) is 18.5 Å². The summed E-state index contributed by atoms with van der Waals surface area (Å²) in [5, 5.41) is 2.62. The van der Waals surface area contributed by atoms with Crippen LogP contribution in [0.5, 0.6) is 0 Å². The highest BCUT2D eigenvalue weighted by Gasteiger charge is 2.29. The second kappa shape index (κ2) is 3.83. The van der Waals surface area contributed by atoms with Gasteiger partial charge in [0.2, 0.25) is 0 Å². The van der Waals surface area contributed by atoms with E-state index in [1.807, 2.05) is 0 Å². The number of nitrogens with one attached hydrogen (secondary N) is 2. The average molecular weight is 199 g/mol. The predicted molar refractivity (Wildman–Crippen MR) is 47.2 cm³/mol. The lowest BCUT2D eigenvalue weighted by Crippen LogP contribution is -2.47. The Bertz CT molecular complexity index is 250. The summed E-state index contributed by atoms with van der Waals surface area (Å²) in [5.41, 5.74) is 2.19. The summed E-state index contributed by atoms with van der Waals surface area (Å²) in [4.78, 5) is 29.0. The Labute approximate surface area is 81.5 Å². The van der Waals surface area contributed by atoms with Crippen LogP contribution in [0.3, 0.4) is 0 Å². The van der Waals surface area contributed by atoms with Gasteiger partial charge in [-0.1, -0.05) is 0 Å². The molecule has 0 aliphatic carbocycles. The molecule has 14 heavy (non-hydrogen) atoms. The predicted octanol–water partition coefficient (Wildman–Crippen LogP) is -0.778. The smallest absolute Gasteiger partial charge is 0.318 e. The van der Waals surface area contributed by atoms with Crippen LogP contribution in [0.1, 0.15) is 12.8 Å². The number of nitrogens with zero attached hydrogens (tertiary/aromatic N) is 1. The molecular weight excluding hydrogens is 186 g/mol. The van der Waals surface area contributed by atoms with Crippen LogP contribution in [0.15, 0.2) is 0 Å². The number of carbonyl (C=O) groups is 2. The third-order valence-electron chi connectivity index (χ3n) is 2.43. The normalized spacial score (nSPS) is 26.4. The Morgan fingerprint density at radius 1 is 1.50 bits per heavy atom. The highest BCUT2D eigenvalue weighted by atomic mass is 16.7. The summed E-state index contributed by atoms with van der Waals surface area (Å²) >= 11 is 0. The maximum absolute atomic E-state index is 11.5. The summed E-state index contributed by atoms with van der Waals surface area (Å²) in [6.45, 7) is 1.76. The second-order valence-electron chi connectivity index (χ2n) is 3.47. The molecule has 2 heterocycles. The van der Waals surface area contributed by atoms with E-state index in [1.54, 1.807) is 4.90 Å². The summed E-state index contributed by atoms with van der Waals surface area (Å²) in [5.74, 6) is -0.280. The Morgan fingerprint density at radius 2 is 2.21 bits per heavy atom. The van der Waals surface area contributed by atoms with Gasteiger partial charge in [0.25, 0.3) is 5.91 Å². The van der Waals surface area contributed by atoms with Crippen LogP contribution in [0.4, 0.5) is 4.79 Å². The fourth-order valence-corrected chi connectivity index (χ4v) is 1.61. The van der Waals surface area contributed by atoms with Crippen molar-refractivity contribution in [2.24, 2.45) is 0 Å². The van der Waals surface area contributed by atoms with Gasteiger partial charge in [0, 0.05) is 13.1 Å². The SMILES string of the molecule is O=C1NOCC1NC(=O)N1CCCC1. The van der Waals surface area contributed by atoms with Crippen LogP contribution in [-0.2, 0) is 9.63 Å². The molecule has 1 atom stereocenters. The zero-order valence-corrected chi connectivity index (χ0v) is 7.78. The van der Waals surface area contributed by atoms with Crippen molar-refractivity contribution >= 4 is 11.9 Å². The molecule has 2 N–H and O–H groups in total. The minimum absolute atomic E-state index is 0.173. The maximum atomic E-state index is 11.5. The standard InChI is InChI=1S/C8H13N3O3/c12-7-6(5-14-10-7)9-8(13)11-3-1-2-4-11/h6H,1-5H2,(H,9,13)(H,10,12). The van der Waals surface area contributed by atoms with Crippen LogP contribution in [0, 0.1) is 0 Å². The lowest BCUT2D eigenvalue weighted by molar-refractivity contribution is -0.125. The van der Waals surface area contributed by atoms with Gasteiger partial charge in [-0.25, -0.2) is 10.3 Å². The molecule has 1 unspecified atom stereocenters. The van der Waals surface area contributed by atoms with Crippen LogP contribution >= 0.6 is 0 Å². The van der Waals surface area contributed by atoms with Gasteiger partial charge < -0.3 is 10.2 Å². The molecule has 78 valence electrons. The molecule has 2 aliphatic heterocycles. The Kier molecular flexibility index (Phi) is 2.53.